The molecule has 0 radical (unpaired) electrons. The summed E-state index contributed by atoms with van der Waals surface area (Å²) in [7, 11) is 1.60. The molecule has 0 aromatic carbocycles. The van der Waals surface area contributed by atoms with Crippen LogP contribution in [0.5, 0.6) is 5.88 Å². The molecular formula is C11H14N4O. The Morgan fingerprint density at radius 1 is 1.50 bits per heavy atom. The standard InChI is InChI=1S/C11H14N4O/c1-6-4-8(6)9-13-10-11(16-3)12-5-7(2)15(10)14-9/h5-6,8H,4H2,1-3H3. The summed E-state index contributed by atoms with van der Waals surface area (Å²) in [5.74, 6) is 2.68. The Hall–Kier alpha value is -1.65. The monoisotopic (exact) mass is 218 g/mol. The average Bonchev–Trinajstić information content (AvgIpc) is 2.84. The second-order valence-corrected chi connectivity index (χ2v) is 4.43. The van der Waals surface area contributed by atoms with Crippen LogP contribution in [0.4, 0.5) is 0 Å². The SMILES string of the molecule is COc1ncc(C)n2nc(C3CC3C)nc12. The number of ether oxygens (including phenoxy) is 1. The van der Waals surface area contributed by atoms with E-state index in [9.17, 15) is 0 Å². The average molecular weight is 218 g/mol. The quantitative estimate of drug-likeness (QED) is 0.767. The third-order valence-electron chi connectivity index (χ3n) is 3.15. The molecule has 0 N–H and O–H groups in total. The van der Waals surface area contributed by atoms with Crippen LogP contribution in [-0.4, -0.2) is 26.7 Å². The molecule has 16 heavy (non-hydrogen) atoms. The number of hydrogen-bond donors (Lipinski definition) is 0. The number of nitrogens with zero attached hydrogens (tertiary/aromatic N) is 4. The van der Waals surface area contributed by atoms with Crippen LogP contribution >= 0.6 is 0 Å². The lowest BCUT2D eigenvalue weighted by Gasteiger charge is -2.00. The number of fused-ring (bicyclic) bond motifs is 1. The van der Waals surface area contributed by atoms with Gasteiger partial charge in [0.15, 0.2) is 5.82 Å². The highest BCUT2D eigenvalue weighted by atomic mass is 16.5. The summed E-state index contributed by atoms with van der Waals surface area (Å²) in [6.45, 7) is 4.19. The molecular weight excluding hydrogens is 204 g/mol. The van der Waals surface area contributed by atoms with Crippen LogP contribution in [0.15, 0.2) is 6.20 Å². The van der Waals surface area contributed by atoms with E-state index in [0.29, 0.717) is 17.7 Å². The van der Waals surface area contributed by atoms with Crippen molar-refractivity contribution in [3.63, 3.8) is 0 Å². The Bertz CT molecular complexity index is 548. The van der Waals surface area contributed by atoms with E-state index in [1.165, 1.54) is 6.42 Å². The molecule has 3 rings (SSSR count). The van der Waals surface area contributed by atoms with Crippen LogP contribution in [0.1, 0.15) is 30.8 Å². The van der Waals surface area contributed by atoms with E-state index in [1.807, 2.05) is 11.4 Å². The van der Waals surface area contributed by atoms with Gasteiger partial charge in [0, 0.05) is 5.92 Å². The Labute approximate surface area is 93.5 Å². The van der Waals surface area contributed by atoms with Crippen molar-refractivity contribution in [2.24, 2.45) is 5.92 Å². The largest absolute Gasteiger partial charge is 0.478 e. The van der Waals surface area contributed by atoms with E-state index in [0.717, 1.165) is 17.2 Å². The van der Waals surface area contributed by atoms with Crippen LogP contribution in [0.25, 0.3) is 5.65 Å². The molecule has 0 saturated heterocycles. The molecule has 1 fully saturated rings. The van der Waals surface area contributed by atoms with E-state index in [1.54, 1.807) is 13.3 Å². The molecule has 2 atom stereocenters. The van der Waals surface area contributed by atoms with Gasteiger partial charge < -0.3 is 4.74 Å². The lowest BCUT2D eigenvalue weighted by atomic mass is 10.3. The van der Waals surface area contributed by atoms with Crippen molar-refractivity contribution >= 4 is 5.65 Å². The molecule has 2 aromatic heterocycles. The van der Waals surface area contributed by atoms with Crippen molar-refractivity contribution < 1.29 is 4.74 Å². The number of hydrogen-bond acceptors (Lipinski definition) is 4. The number of aromatic nitrogens is 4. The molecule has 0 spiro atoms. The lowest BCUT2D eigenvalue weighted by molar-refractivity contribution is 0.399. The van der Waals surface area contributed by atoms with Gasteiger partial charge >= 0.3 is 0 Å². The van der Waals surface area contributed by atoms with Crippen LogP contribution in [0.2, 0.25) is 0 Å². The zero-order valence-electron chi connectivity index (χ0n) is 9.64. The van der Waals surface area contributed by atoms with E-state index in [-0.39, 0.29) is 0 Å². The summed E-state index contributed by atoms with van der Waals surface area (Å²) in [4.78, 5) is 8.71. The Morgan fingerprint density at radius 3 is 2.88 bits per heavy atom. The molecule has 5 nitrogen and oxygen atoms in total. The Balaban J connectivity index is 2.18. The van der Waals surface area contributed by atoms with Crippen LogP contribution in [0, 0.1) is 12.8 Å². The first-order chi connectivity index (χ1) is 7.70. The normalized spacial score (nSPS) is 23.7. The molecule has 1 saturated carbocycles. The molecule has 0 amide bonds. The Kier molecular flexibility index (Phi) is 1.89. The first kappa shape index (κ1) is 9.57. The molecule has 84 valence electrons. The van der Waals surface area contributed by atoms with Gasteiger partial charge in [-0.25, -0.2) is 14.5 Å². The zero-order chi connectivity index (χ0) is 11.3. The molecule has 1 aliphatic rings. The molecule has 2 aromatic rings. The van der Waals surface area contributed by atoms with Crippen molar-refractivity contribution in [3.05, 3.63) is 17.7 Å². The van der Waals surface area contributed by atoms with Gasteiger partial charge in [0.2, 0.25) is 5.65 Å². The first-order valence-corrected chi connectivity index (χ1v) is 5.47. The molecule has 0 bridgehead atoms. The van der Waals surface area contributed by atoms with Crippen LogP contribution in [-0.2, 0) is 0 Å². The predicted octanol–water partition coefficient (Wildman–Crippen LogP) is 1.56. The van der Waals surface area contributed by atoms with Crippen molar-refractivity contribution in [3.8, 4) is 5.88 Å². The van der Waals surface area contributed by atoms with E-state index < -0.39 is 0 Å². The number of rotatable bonds is 2. The van der Waals surface area contributed by atoms with Gasteiger partial charge in [-0.1, -0.05) is 6.92 Å². The smallest absolute Gasteiger partial charge is 0.259 e. The van der Waals surface area contributed by atoms with Gasteiger partial charge in [0.05, 0.1) is 19.0 Å². The van der Waals surface area contributed by atoms with Crippen LogP contribution in [0.3, 0.4) is 0 Å². The molecule has 0 aliphatic heterocycles. The second-order valence-electron chi connectivity index (χ2n) is 4.43. The summed E-state index contributed by atoms with van der Waals surface area (Å²) >= 11 is 0. The van der Waals surface area contributed by atoms with Gasteiger partial charge in [0.25, 0.3) is 5.88 Å². The molecule has 5 heteroatoms. The molecule has 2 unspecified atom stereocenters. The van der Waals surface area contributed by atoms with Crippen molar-refractivity contribution in [2.75, 3.05) is 7.11 Å². The van der Waals surface area contributed by atoms with Gasteiger partial charge in [-0.05, 0) is 19.3 Å². The fraction of sp³-hybridized carbons (Fsp3) is 0.545. The van der Waals surface area contributed by atoms with Crippen molar-refractivity contribution in [2.45, 2.75) is 26.2 Å². The minimum absolute atomic E-state index is 0.518. The third kappa shape index (κ3) is 1.27. The second kappa shape index (κ2) is 3.17. The first-order valence-electron chi connectivity index (χ1n) is 5.47. The van der Waals surface area contributed by atoms with Gasteiger partial charge in [-0.3, -0.25) is 0 Å². The topological polar surface area (TPSA) is 52.3 Å². The zero-order valence-corrected chi connectivity index (χ0v) is 9.64. The lowest BCUT2D eigenvalue weighted by Crippen LogP contribution is -1.98. The fourth-order valence-electron chi connectivity index (χ4n) is 1.96. The summed E-state index contributed by atoms with van der Waals surface area (Å²) in [6, 6.07) is 0. The van der Waals surface area contributed by atoms with Gasteiger partial charge in [-0.15, -0.1) is 0 Å². The molecule has 2 heterocycles. The fourth-order valence-corrected chi connectivity index (χ4v) is 1.96. The minimum Gasteiger partial charge on any atom is -0.478 e. The number of methoxy groups -OCH3 is 1. The highest BCUT2D eigenvalue weighted by molar-refractivity contribution is 5.49. The van der Waals surface area contributed by atoms with E-state index in [4.69, 9.17) is 4.74 Å². The summed E-state index contributed by atoms with van der Waals surface area (Å²) in [6.07, 6.45) is 2.94. The maximum absolute atomic E-state index is 5.19. The van der Waals surface area contributed by atoms with Crippen molar-refractivity contribution in [1.29, 1.82) is 0 Å². The third-order valence-corrected chi connectivity index (χ3v) is 3.15. The summed E-state index contributed by atoms with van der Waals surface area (Å²) < 4.78 is 7.00. The highest BCUT2D eigenvalue weighted by Crippen LogP contribution is 2.45. The maximum Gasteiger partial charge on any atom is 0.259 e. The van der Waals surface area contributed by atoms with Crippen LogP contribution < -0.4 is 4.74 Å². The number of aryl methyl sites for hydroxylation is 1. The summed E-state index contributed by atoms with van der Waals surface area (Å²) in [5.41, 5.74) is 1.69. The van der Waals surface area contributed by atoms with Crippen molar-refractivity contribution in [1.82, 2.24) is 19.6 Å². The van der Waals surface area contributed by atoms with E-state index >= 15 is 0 Å². The van der Waals surface area contributed by atoms with E-state index in [2.05, 4.69) is 22.0 Å². The van der Waals surface area contributed by atoms with Gasteiger partial charge in [-0.2, -0.15) is 5.10 Å². The Morgan fingerprint density at radius 2 is 2.25 bits per heavy atom. The predicted molar refractivity (Wildman–Crippen MR) is 58.6 cm³/mol. The van der Waals surface area contributed by atoms with Gasteiger partial charge in [0.1, 0.15) is 0 Å². The molecule has 1 aliphatic carbocycles. The minimum atomic E-state index is 0.518. The maximum atomic E-state index is 5.19. The highest BCUT2D eigenvalue weighted by Gasteiger charge is 2.37. The summed E-state index contributed by atoms with van der Waals surface area (Å²) in [5, 5.41) is 4.52.